The van der Waals surface area contributed by atoms with Crippen LogP contribution in [-0.4, -0.2) is 25.4 Å². The van der Waals surface area contributed by atoms with E-state index in [9.17, 15) is 12.8 Å². The lowest BCUT2D eigenvalue weighted by molar-refractivity contribution is 0.386. The molecule has 6 nitrogen and oxygen atoms in total. The van der Waals surface area contributed by atoms with Crippen molar-refractivity contribution < 1.29 is 17.5 Å². The molecule has 0 atom stereocenters. The van der Waals surface area contributed by atoms with Crippen molar-refractivity contribution in [2.75, 3.05) is 11.9 Å². The molecule has 1 aromatic heterocycles. The number of halogens is 3. The summed E-state index contributed by atoms with van der Waals surface area (Å²) in [6.07, 6.45) is 0. The molecular weight excluding hydrogens is 416 g/mol. The first-order valence-electron chi connectivity index (χ1n) is 7.61. The van der Waals surface area contributed by atoms with Gasteiger partial charge in [0.25, 0.3) is 10.0 Å². The van der Waals surface area contributed by atoms with Crippen LogP contribution in [-0.2, 0) is 10.0 Å². The van der Waals surface area contributed by atoms with Gasteiger partial charge in [-0.25, -0.2) is 4.39 Å². The van der Waals surface area contributed by atoms with Crippen LogP contribution in [0.4, 0.5) is 4.39 Å². The highest BCUT2D eigenvalue weighted by molar-refractivity contribution is 7.92. The molecule has 0 aliphatic rings. The number of rotatable bonds is 6. The normalized spacial score (nSPS) is 11.6. The first-order chi connectivity index (χ1) is 12.8. The van der Waals surface area contributed by atoms with Crippen LogP contribution < -0.4 is 9.57 Å². The zero-order chi connectivity index (χ0) is 19.6. The lowest BCUT2D eigenvalue weighted by Crippen LogP contribution is -2.25. The topological polar surface area (TPSA) is 73.2 Å². The first kappa shape index (κ1) is 19.5. The Bertz CT molecular complexity index is 1060. The second kappa shape index (κ2) is 7.75. The summed E-state index contributed by atoms with van der Waals surface area (Å²) in [5.74, 6) is -0.550. The van der Waals surface area contributed by atoms with Crippen molar-refractivity contribution in [3.63, 3.8) is 0 Å². The van der Waals surface area contributed by atoms with E-state index in [1.54, 1.807) is 24.3 Å². The summed E-state index contributed by atoms with van der Waals surface area (Å²) in [6, 6.07) is 13.4. The number of hydrogen-bond acceptors (Lipinski definition) is 4. The van der Waals surface area contributed by atoms with Gasteiger partial charge in [-0.2, -0.15) is 23.1 Å². The minimum Gasteiger partial charge on any atom is -0.494 e. The molecule has 0 saturated carbocycles. The van der Waals surface area contributed by atoms with Gasteiger partial charge in [-0.15, -0.1) is 0 Å². The summed E-state index contributed by atoms with van der Waals surface area (Å²) < 4.78 is 44.2. The molecule has 0 aliphatic heterocycles. The molecule has 1 heterocycles. The van der Waals surface area contributed by atoms with Crippen LogP contribution in [0.5, 0.6) is 5.75 Å². The summed E-state index contributed by atoms with van der Waals surface area (Å²) in [6.45, 7) is 0. The lowest BCUT2D eigenvalue weighted by atomic mass is 10.1. The number of methoxy groups -OCH3 is 1. The minimum absolute atomic E-state index is 0.0437. The van der Waals surface area contributed by atoms with Crippen LogP contribution in [0, 0.1) is 5.82 Å². The largest absolute Gasteiger partial charge is 0.494 e. The second-order valence-corrected chi connectivity index (χ2v) is 8.18. The third-order valence-electron chi connectivity index (χ3n) is 3.66. The van der Waals surface area contributed by atoms with Crippen LogP contribution in [0.15, 0.2) is 59.5 Å². The van der Waals surface area contributed by atoms with Crippen molar-refractivity contribution in [1.82, 2.24) is 9.89 Å². The Morgan fingerprint density at radius 3 is 2.44 bits per heavy atom. The zero-order valence-corrected chi connectivity index (χ0v) is 16.3. The van der Waals surface area contributed by atoms with E-state index >= 15 is 0 Å². The highest BCUT2D eigenvalue weighted by atomic mass is 35.5. The smallest absolute Gasteiger partial charge is 0.276 e. The van der Waals surface area contributed by atoms with Crippen LogP contribution in [0.1, 0.15) is 10.5 Å². The van der Waals surface area contributed by atoms with E-state index < -0.39 is 20.7 Å². The number of aromatic nitrogens is 2. The summed E-state index contributed by atoms with van der Waals surface area (Å²) in [5, 5.41) is 4.08. The Morgan fingerprint density at radius 2 is 1.85 bits per heavy atom. The number of hydrogen-bond donors (Lipinski definition) is 1. The number of nitrogens with one attached hydrogen (secondary N) is 1. The average molecular weight is 430 g/mol. The molecule has 27 heavy (non-hydrogen) atoms. The molecular formula is C17H14Cl2FN3O3S. The Labute approximate surface area is 165 Å². The fourth-order valence-corrected chi connectivity index (χ4v) is 3.57. The van der Waals surface area contributed by atoms with Gasteiger partial charge in [-0.3, -0.25) is 0 Å². The van der Waals surface area contributed by atoms with E-state index in [2.05, 4.69) is 9.93 Å². The number of benzene rings is 2. The maximum absolute atomic E-state index is 14.1. The fraction of sp³-hybridized carbons (Fsp3) is 0.118. The summed E-state index contributed by atoms with van der Waals surface area (Å²) in [7, 11) is -2.59. The molecule has 2 aromatic carbocycles. The van der Waals surface area contributed by atoms with E-state index in [4.69, 9.17) is 27.9 Å². The van der Waals surface area contributed by atoms with E-state index in [-0.39, 0.29) is 22.0 Å². The van der Waals surface area contributed by atoms with Crippen LogP contribution in [0.2, 0.25) is 0 Å². The number of sulfonamides is 1. The van der Waals surface area contributed by atoms with Gasteiger partial charge in [0.05, 0.1) is 23.4 Å². The van der Waals surface area contributed by atoms with Crippen molar-refractivity contribution >= 4 is 33.2 Å². The summed E-state index contributed by atoms with van der Waals surface area (Å²) in [4.78, 5) is 2.38. The van der Waals surface area contributed by atoms with E-state index in [1.165, 1.54) is 37.4 Å². The van der Waals surface area contributed by atoms with Gasteiger partial charge in [0.15, 0.2) is 16.4 Å². The standard InChI is InChI=1S/C17H14Cl2FN3O3S/c1-26-16-8-7-11(9-13(16)20)15-10-14(17(18)19)21-23(15)22-27(24,25)12-5-3-2-4-6-12/h2-10,17,22H,1H3. The SMILES string of the molecule is COc1ccc(-c2cc(C(Cl)Cl)nn2NS(=O)(=O)c2ccccc2)cc1F. The second-order valence-electron chi connectivity index (χ2n) is 5.42. The van der Waals surface area contributed by atoms with Crippen molar-refractivity contribution in [3.05, 3.63) is 66.1 Å². The average Bonchev–Trinajstić information content (AvgIpc) is 3.06. The van der Waals surface area contributed by atoms with Gasteiger partial charge in [0, 0.05) is 5.56 Å². The molecule has 0 bridgehead atoms. The molecule has 10 heteroatoms. The molecule has 3 aromatic rings. The predicted octanol–water partition coefficient (Wildman–Crippen LogP) is 4.11. The third kappa shape index (κ3) is 4.18. The van der Waals surface area contributed by atoms with Gasteiger partial charge >= 0.3 is 0 Å². The monoisotopic (exact) mass is 429 g/mol. The van der Waals surface area contributed by atoms with Crippen LogP contribution >= 0.6 is 23.2 Å². The number of nitrogens with zero attached hydrogens (tertiary/aromatic N) is 2. The highest BCUT2D eigenvalue weighted by Gasteiger charge is 2.20. The molecule has 1 N–H and O–H groups in total. The van der Waals surface area contributed by atoms with Gasteiger partial charge in [-0.1, -0.05) is 41.4 Å². The Balaban J connectivity index is 2.06. The van der Waals surface area contributed by atoms with Crippen molar-refractivity contribution in [3.8, 4) is 17.0 Å². The zero-order valence-electron chi connectivity index (χ0n) is 13.9. The molecule has 0 unspecified atom stereocenters. The summed E-state index contributed by atoms with van der Waals surface area (Å²) >= 11 is 11.7. The quantitative estimate of drug-likeness (QED) is 0.598. The van der Waals surface area contributed by atoms with Crippen molar-refractivity contribution in [2.45, 2.75) is 9.73 Å². The number of alkyl halides is 2. The molecule has 3 rings (SSSR count). The Kier molecular flexibility index (Phi) is 5.59. The van der Waals surface area contributed by atoms with Gasteiger partial charge in [-0.05, 0) is 36.4 Å². The maximum atomic E-state index is 14.1. The lowest BCUT2D eigenvalue weighted by Gasteiger charge is -2.12. The number of ether oxygens (including phenoxy) is 1. The van der Waals surface area contributed by atoms with E-state index in [1.807, 2.05) is 0 Å². The van der Waals surface area contributed by atoms with Crippen LogP contribution in [0.3, 0.4) is 0 Å². The molecule has 0 fully saturated rings. The molecule has 0 amide bonds. The Morgan fingerprint density at radius 1 is 1.15 bits per heavy atom. The van der Waals surface area contributed by atoms with Gasteiger partial charge in [0.2, 0.25) is 0 Å². The fourth-order valence-electron chi connectivity index (χ4n) is 2.37. The first-order valence-corrected chi connectivity index (χ1v) is 9.97. The van der Waals surface area contributed by atoms with Gasteiger partial charge in [0.1, 0.15) is 0 Å². The van der Waals surface area contributed by atoms with Crippen LogP contribution in [0.25, 0.3) is 11.3 Å². The predicted molar refractivity (Wildman–Crippen MR) is 102 cm³/mol. The van der Waals surface area contributed by atoms with Crippen molar-refractivity contribution in [1.29, 1.82) is 0 Å². The molecule has 0 radical (unpaired) electrons. The summed E-state index contributed by atoms with van der Waals surface area (Å²) in [5.41, 5.74) is 0.828. The Hall–Kier alpha value is -2.29. The van der Waals surface area contributed by atoms with E-state index in [0.29, 0.717) is 5.56 Å². The molecule has 142 valence electrons. The van der Waals surface area contributed by atoms with Crippen molar-refractivity contribution in [2.24, 2.45) is 0 Å². The van der Waals surface area contributed by atoms with E-state index in [0.717, 1.165) is 4.79 Å². The third-order valence-corrected chi connectivity index (χ3v) is 5.41. The molecule has 0 aliphatic carbocycles. The maximum Gasteiger partial charge on any atom is 0.276 e. The molecule has 0 spiro atoms. The minimum atomic E-state index is -3.93. The van der Waals surface area contributed by atoms with Gasteiger partial charge < -0.3 is 4.74 Å². The molecule has 0 saturated heterocycles. The highest BCUT2D eigenvalue weighted by Crippen LogP contribution is 2.30.